The van der Waals surface area contributed by atoms with E-state index in [0.717, 1.165) is 23.3 Å². The topological polar surface area (TPSA) is 50.9 Å². The molecule has 1 aromatic rings. The maximum atomic E-state index is 5.55. The maximum absolute atomic E-state index is 5.55. The predicted molar refractivity (Wildman–Crippen MR) is 59.7 cm³/mol. The predicted octanol–water partition coefficient (Wildman–Crippen LogP) is 2.41. The quantitative estimate of drug-likeness (QED) is 0.629. The minimum absolute atomic E-state index is 0.654. The van der Waals surface area contributed by atoms with Gasteiger partial charge in [-0.15, -0.1) is 6.58 Å². The monoisotopic (exact) mass is 241 g/mol. The summed E-state index contributed by atoms with van der Waals surface area (Å²) in [5.41, 5.74) is 6.20. The van der Waals surface area contributed by atoms with E-state index in [1.165, 1.54) is 0 Å². The van der Waals surface area contributed by atoms with Crippen LogP contribution in [0, 0.1) is 0 Å². The summed E-state index contributed by atoms with van der Waals surface area (Å²) in [6.07, 6.45) is 4.40. The second kappa shape index (κ2) is 4.87. The highest BCUT2D eigenvalue weighted by Crippen LogP contribution is 2.21. The molecule has 1 rings (SSSR count). The van der Waals surface area contributed by atoms with Gasteiger partial charge in [0.05, 0.1) is 16.4 Å². The van der Waals surface area contributed by atoms with Gasteiger partial charge in [0.15, 0.2) is 0 Å². The average molecular weight is 242 g/mol. The first-order chi connectivity index (χ1) is 6.24. The average Bonchev–Trinajstić information content (AvgIpc) is 2.09. The highest BCUT2D eigenvalue weighted by Gasteiger charge is 1.99. The first-order valence-electron chi connectivity index (χ1n) is 4.00. The summed E-state index contributed by atoms with van der Waals surface area (Å²) in [5.74, 6) is 0.816. The smallest absolute Gasteiger partial charge is 0.140 e. The Morgan fingerprint density at radius 1 is 1.69 bits per heavy atom. The summed E-state index contributed by atoms with van der Waals surface area (Å²) in [5, 5.41) is 3.16. The van der Waals surface area contributed by atoms with Gasteiger partial charge in [0.25, 0.3) is 0 Å². The molecular weight excluding hydrogens is 230 g/mol. The molecule has 0 aromatic carbocycles. The number of nitrogens with one attached hydrogen (secondary N) is 1. The van der Waals surface area contributed by atoms with Crippen molar-refractivity contribution in [2.75, 3.05) is 17.6 Å². The molecule has 3 nitrogen and oxygen atoms in total. The van der Waals surface area contributed by atoms with Crippen LogP contribution in [0.5, 0.6) is 0 Å². The van der Waals surface area contributed by atoms with E-state index in [2.05, 4.69) is 32.8 Å². The van der Waals surface area contributed by atoms with E-state index in [9.17, 15) is 0 Å². The molecule has 0 radical (unpaired) electrons. The lowest BCUT2D eigenvalue weighted by atomic mass is 10.4. The summed E-state index contributed by atoms with van der Waals surface area (Å²) in [4.78, 5) is 4.13. The van der Waals surface area contributed by atoms with Gasteiger partial charge in [-0.2, -0.15) is 0 Å². The van der Waals surface area contributed by atoms with Crippen molar-refractivity contribution in [1.82, 2.24) is 4.98 Å². The number of rotatable bonds is 4. The molecule has 0 amide bonds. The maximum Gasteiger partial charge on any atom is 0.140 e. The number of nitrogens with zero attached hydrogens (tertiary/aromatic N) is 1. The fraction of sp³-hybridized carbons (Fsp3) is 0.222. The molecule has 0 aliphatic carbocycles. The Bertz CT molecular complexity index is 299. The van der Waals surface area contributed by atoms with Crippen LogP contribution in [-0.2, 0) is 0 Å². The fourth-order valence-electron chi connectivity index (χ4n) is 0.875. The van der Waals surface area contributed by atoms with Gasteiger partial charge in [-0.05, 0) is 28.4 Å². The van der Waals surface area contributed by atoms with Gasteiger partial charge in [0.2, 0.25) is 0 Å². The molecule has 0 aliphatic rings. The van der Waals surface area contributed by atoms with Gasteiger partial charge in [-0.3, -0.25) is 0 Å². The molecule has 0 bridgehead atoms. The summed E-state index contributed by atoms with van der Waals surface area (Å²) in [6.45, 7) is 4.47. The van der Waals surface area contributed by atoms with Crippen LogP contribution in [0.15, 0.2) is 29.4 Å². The molecule has 0 saturated carbocycles. The first-order valence-corrected chi connectivity index (χ1v) is 4.79. The van der Waals surface area contributed by atoms with Crippen molar-refractivity contribution in [2.24, 2.45) is 0 Å². The van der Waals surface area contributed by atoms with Gasteiger partial charge >= 0.3 is 0 Å². The minimum atomic E-state index is 0.654. The van der Waals surface area contributed by atoms with Crippen LogP contribution in [0.2, 0.25) is 0 Å². The van der Waals surface area contributed by atoms with Crippen LogP contribution >= 0.6 is 15.9 Å². The highest BCUT2D eigenvalue weighted by molar-refractivity contribution is 9.10. The largest absolute Gasteiger partial charge is 0.397 e. The number of anilines is 2. The molecule has 0 fully saturated rings. The number of hydrogen-bond acceptors (Lipinski definition) is 3. The zero-order valence-electron chi connectivity index (χ0n) is 7.26. The summed E-state index contributed by atoms with van der Waals surface area (Å²) < 4.78 is 0.886. The number of nitrogens with two attached hydrogens (primary N) is 1. The van der Waals surface area contributed by atoms with Crippen LogP contribution in [0.4, 0.5) is 11.5 Å². The molecule has 13 heavy (non-hydrogen) atoms. The third-order valence-electron chi connectivity index (χ3n) is 1.50. The van der Waals surface area contributed by atoms with Crippen LogP contribution in [0.25, 0.3) is 0 Å². The third-order valence-corrected chi connectivity index (χ3v) is 2.11. The van der Waals surface area contributed by atoms with Crippen molar-refractivity contribution < 1.29 is 0 Å². The number of aromatic nitrogens is 1. The normalized spacial score (nSPS) is 9.62. The fourth-order valence-corrected chi connectivity index (χ4v) is 1.38. The van der Waals surface area contributed by atoms with E-state index < -0.39 is 0 Å². The van der Waals surface area contributed by atoms with E-state index in [4.69, 9.17) is 5.73 Å². The molecule has 0 unspecified atom stereocenters. The Kier molecular flexibility index (Phi) is 3.76. The SMILES string of the molecule is C=CCCNc1ncc(N)cc1Br. The van der Waals surface area contributed by atoms with Gasteiger partial charge in [-0.1, -0.05) is 6.08 Å². The Morgan fingerprint density at radius 2 is 2.46 bits per heavy atom. The molecule has 0 saturated heterocycles. The Labute approximate surface area is 86.2 Å². The molecule has 70 valence electrons. The second-order valence-corrected chi connectivity index (χ2v) is 3.46. The summed E-state index contributed by atoms with van der Waals surface area (Å²) in [6, 6.07) is 1.82. The van der Waals surface area contributed by atoms with Crippen molar-refractivity contribution >= 4 is 27.4 Å². The zero-order chi connectivity index (χ0) is 9.68. The first kappa shape index (κ1) is 10.1. The molecular formula is C9H12BrN3. The van der Waals surface area contributed by atoms with Crippen molar-refractivity contribution in [2.45, 2.75) is 6.42 Å². The minimum Gasteiger partial charge on any atom is -0.397 e. The van der Waals surface area contributed by atoms with Crippen LogP contribution in [-0.4, -0.2) is 11.5 Å². The third kappa shape index (κ3) is 3.06. The van der Waals surface area contributed by atoms with Crippen molar-refractivity contribution in [3.8, 4) is 0 Å². The Hall–Kier alpha value is -1.03. The Morgan fingerprint density at radius 3 is 3.08 bits per heavy atom. The summed E-state index contributed by atoms with van der Waals surface area (Å²) in [7, 11) is 0. The second-order valence-electron chi connectivity index (χ2n) is 2.60. The van der Waals surface area contributed by atoms with Crippen LogP contribution in [0.1, 0.15) is 6.42 Å². The lowest BCUT2D eigenvalue weighted by molar-refractivity contribution is 1.05. The molecule has 0 atom stereocenters. The van der Waals surface area contributed by atoms with E-state index in [1.807, 2.05) is 12.1 Å². The van der Waals surface area contributed by atoms with Gasteiger partial charge in [0, 0.05) is 6.54 Å². The number of halogens is 1. The highest BCUT2D eigenvalue weighted by atomic mass is 79.9. The lowest BCUT2D eigenvalue weighted by Crippen LogP contribution is -2.03. The lowest BCUT2D eigenvalue weighted by Gasteiger charge is -2.05. The standard InChI is InChI=1S/C9H12BrN3/c1-2-3-4-12-9-8(10)5-7(11)6-13-9/h2,5-6H,1,3-4,11H2,(H,12,13). The van der Waals surface area contributed by atoms with Crippen LogP contribution < -0.4 is 11.1 Å². The van der Waals surface area contributed by atoms with E-state index >= 15 is 0 Å². The number of hydrogen-bond donors (Lipinski definition) is 2. The van der Waals surface area contributed by atoms with E-state index in [0.29, 0.717) is 5.69 Å². The molecule has 1 aromatic heterocycles. The molecule has 4 heteroatoms. The molecule has 0 spiro atoms. The molecule has 3 N–H and O–H groups in total. The number of pyridine rings is 1. The van der Waals surface area contributed by atoms with E-state index in [-0.39, 0.29) is 0 Å². The van der Waals surface area contributed by atoms with Crippen LogP contribution in [0.3, 0.4) is 0 Å². The molecule has 1 heterocycles. The van der Waals surface area contributed by atoms with E-state index in [1.54, 1.807) is 6.20 Å². The zero-order valence-corrected chi connectivity index (χ0v) is 8.84. The van der Waals surface area contributed by atoms with Gasteiger partial charge in [-0.25, -0.2) is 4.98 Å². The Balaban J connectivity index is 2.61. The van der Waals surface area contributed by atoms with Crippen molar-refractivity contribution in [3.05, 3.63) is 29.4 Å². The summed E-state index contributed by atoms with van der Waals surface area (Å²) >= 11 is 3.37. The number of nitrogen functional groups attached to an aromatic ring is 1. The van der Waals surface area contributed by atoms with Crippen molar-refractivity contribution in [3.63, 3.8) is 0 Å². The molecule has 0 aliphatic heterocycles. The van der Waals surface area contributed by atoms with Crippen molar-refractivity contribution in [1.29, 1.82) is 0 Å². The van der Waals surface area contributed by atoms with Gasteiger partial charge in [0.1, 0.15) is 5.82 Å². The van der Waals surface area contributed by atoms with Gasteiger partial charge < -0.3 is 11.1 Å².